The predicted molar refractivity (Wildman–Crippen MR) is 67.2 cm³/mol. The van der Waals surface area contributed by atoms with Crippen molar-refractivity contribution in [1.29, 1.82) is 0 Å². The van der Waals surface area contributed by atoms with Crippen LogP contribution in [-0.2, 0) is 9.53 Å². The lowest BCUT2D eigenvalue weighted by Crippen LogP contribution is -2.55. The van der Waals surface area contributed by atoms with Crippen molar-refractivity contribution in [1.82, 2.24) is 4.90 Å². The van der Waals surface area contributed by atoms with Crippen LogP contribution in [0.25, 0.3) is 0 Å². The fourth-order valence-corrected chi connectivity index (χ4v) is 3.00. The highest BCUT2D eigenvalue weighted by molar-refractivity contribution is 5.68. The van der Waals surface area contributed by atoms with Crippen LogP contribution in [0.15, 0.2) is 0 Å². The quantitative estimate of drug-likeness (QED) is 0.776. The van der Waals surface area contributed by atoms with E-state index < -0.39 is 5.97 Å². The third-order valence-electron chi connectivity index (χ3n) is 3.90. The first-order valence-electron chi connectivity index (χ1n) is 6.66. The standard InChI is InChI=1S/C13H25NO3/c1-4-11-9-13(7-8-17-11,10-12(15)16)14(5-2)6-3/h11H,4-10H2,1-3H3,(H,15,16). The van der Waals surface area contributed by atoms with Gasteiger partial charge in [-0.15, -0.1) is 0 Å². The summed E-state index contributed by atoms with van der Waals surface area (Å²) in [6, 6.07) is 0. The summed E-state index contributed by atoms with van der Waals surface area (Å²) >= 11 is 0. The fourth-order valence-electron chi connectivity index (χ4n) is 3.00. The van der Waals surface area contributed by atoms with Crippen molar-refractivity contribution in [2.24, 2.45) is 0 Å². The van der Waals surface area contributed by atoms with Crippen LogP contribution in [0.1, 0.15) is 46.5 Å². The maximum absolute atomic E-state index is 11.1. The molecule has 17 heavy (non-hydrogen) atoms. The average Bonchev–Trinajstić information content (AvgIpc) is 2.29. The summed E-state index contributed by atoms with van der Waals surface area (Å²) in [4.78, 5) is 13.4. The molecule has 0 aliphatic carbocycles. The van der Waals surface area contributed by atoms with Crippen LogP contribution in [0.4, 0.5) is 0 Å². The van der Waals surface area contributed by atoms with Gasteiger partial charge >= 0.3 is 5.97 Å². The number of nitrogens with zero attached hydrogens (tertiary/aromatic N) is 1. The summed E-state index contributed by atoms with van der Waals surface area (Å²) in [5, 5.41) is 9.16. The van der Waals surface area contributed by atoms with E-state index in [1.807, 2.05) is 0 Å². The van der Waals surface area contributed by atoms with E-state index in [0.29, 0.717) is 6.61 Å². The summed E-state index contributed by atoms with van der Waals surface area (Å²) < 4.78 is 5.68. The van der Waals surface area contributed by atoms with E-state index in [2.05, 4.69) is 25.7 Å². The molecule has 0 saturated carbocycles. The summed E-state index contributed by atoms with van der Waals surface area (Å²) in [6.07, 6.45) is 3.08. The van der Waals surface area contributed by atoms with Crippen LogP contribution >= 0.6 is 0 Å². The third-order valence-corrected chi connectivity index (χ3v) is 3.90. The SMILES string of the molecule is CCC1CC(CC(=O)O)(N(CC)CC)CCO1. The summed E-state index contributed by atoms with van der Waals surface area (Å²) in [5.41, 5.74) is -0.200. The summed E-state index contributed by atoms with van der Waals surface area (Å²) in [7, 11) is 0. The first kappa shape index (κ1) is 14.5. The van der Waals surface area contributed by atoms with Gasteiger partial charge < -0.3 is 9.84 Å². The molecule has 0 bridgehead atoms. The second-order valence-electron chi connectivity index (χ2n) is 4.82. The normalized spacial score (nSPS) is 29.5. The van der Waals surface area contributed by atoms with Crippen LogP contribution in [-0.4, -0.2) is 47.3 Å². The van der Waals surface area contributed by atoms with E-state index in [-0.39, 0.29) is 18.1 Å². The van der Waals surface area contributed by atoms with Gasteiger partial charge in [0.15, 0.2) is 0 Å². The Morgan fingerprint density at radius 2 is 2.06 bits per heavy atom. The second kappa shape index (κ2) is 6.36. The van der Waals surface area contributed by atoms with Crippen molar-refractivity contribution in [3.05, 3.63) is 0 Å². The van der Waals surface area contributed by atoms with Gasteiger partial charge in [0.2, 0.25) is 0 Å². The van der Waals surface area contributed by atoms with Crippen molar-refractivity contribution in [3.63, 3.8) is 0 Å². The summed E-state index contributed by atoms with van der Waals surface area (Å²) in [5.74, 6) is -0.700. The molecule has 0 aromatic carbocycles. The van der Waals surface area contributed by atoms with Crippen LogP contribution < -0.4 is 0 Å². The van der Waals surface area contributed by atoms with Crippen LogP contribution in [0.5, 0.6) is 0 Å². The van der Waals surface area contributed by atoms with Crippen molar-refractivity contribution >= 4 is 5.97 Å². The smallest absolute Gasteiger partial charge is 0.305 e. The Bertz CT molecular complexity index is 253. The average molecular weight is 243 g/mol. The zero-order chi connectivity index (χ0) is 12.9. The topological polar surface area (TPSA) is 49.8 Å². The van der Waals surface area contributed by atoms with Gasteiger partial charge in [-0.2, -0.15) is 0 Å². The van der Waals surface area contributed by atoms with E-state index in [9.17, 15) is 4.79 Å². The van der Waals surface area contributed by atoms with Crippen LogP contribution in [0, 0.1) is 0 Å². The Kier molecular flexibility index (Phi) is 5.40. The Labute approximate surface area is 104 Å². The van der Waals surface area contributed by atoms with Gasteiger partial charge in [0.25, 0.3) is 0 Å². The molecule has 1 saturated heterocycles. The molecule has 1 aliphatic heterocycles. The molecule has 0 radical (unpaired) electrons. The van der Waals surface area contributed by atoms with E-state index in [1.54, 1.807) is 0 Å². The van der Waals surface area contributed by atoms with Crippen molar-refractivity contribution < 1.29 is 14.6 Å². The zero-order valence-electron chi connectivity index (χ0n) is 11.2. The third kappa shape index (κ3) is 3.42. The molecule has 0 aromatic heterocycles. The summed E-state index contributed by atoms with van der Waals surface area (Å²) in [6.45, 7) is 8.79. The number of carboxylic acids is 1. The molecule has 4 heteroatoms. The Morgan fingerprint density at radius 3 is 2.53 bits per heavy atom. The maximum atomic E-state index is 11.1. The van der Waals surface area contributed by atoms with Crippen molar-refractivity contribution in [2.45, 2.75) is 58.1 Å². The van der Waals surface area contributed by atoms with E-state index >= 15 is 0 Å². The molecule has 100 valence electrons. The van der Waals surface area contributed by atoms with Gasteiger partial charge in [0, 0.05) is 12.1 Å². The molecule has 1 fully saturated rings. The molecule has 4 nitrogen and oxygen atoms in total. The maximum Gasteiger partial charge on any atom is 0.305 e. The minimum atomic E-state index is -0.700. The zero-order valence-corrected chi connectivity index (χ0v) is 11.2. The number of rotatable bonds is 6. The van der Waals surface area contributed by atoms with Crippen molar-refractivity contribution in [2.75, 3.05) is 19.7 Å². The van der Waals surface area contributed by atoms with Gasteiger partial charge in [0.05, 0.1) is 12.5 Å². The number of aliphatic carboxylic acids is 1. The number of carboxylic acid groups (broad SMARTS) is 1. The first-order valence-corrected chi connectivity index (χ1v) is 6.66. The molecule has 0 amide bonds. The molecule has 0 aromatic rings. The van der Waals surface area contributed by atoms with Gasteiger partial charge in [-0.3, -0.25) is 9.69 Å². The lowest BCUT2D eigenvalue weighted by atomic mass is 9.81. The Balaban J connectivity index is 2.87. The molecule has 2 unspecified atom stereocenters. The van der Waals surface area contributed by atoms with Gasteiger partial charge in [-0.05, 0) is 32.4 Å². The lowest BCUT2D eigenvalue weighted by molar-refractivity contribution is -0.145. The first-order chi connectivity index (χ1) is 8.07. The second-order valence-corrected chi connectivity index (χ2v) is 4.82. The monoisotopic (exact) mass is 243 g/mol. The molecule has 2 atom stereocenters. The highest BCUT2D eigenvalue weighted by Gasteiger charge is 2.41. The Hall–Kier alpha value is -0.610. The largest absolute Gasteiger partial charge is 0.481 e. The van der Waals surface area contributed by atoms with Gasteiger partial charge in [-0.25, -0.2) is 0 Å². The van der Waals surface area contributed by atoms with Gasteiger partial charge in [-0.1, -0.05) is 20.8 Å². The van der Waals surface area contributed by atoms with Crippen LogP contribution in [0.2, 0.25) is 0 Å². The van der Waals surface area contributed by atoms with E-state index in [0.717, 1.165) is 32.4 Å². The molecule has 1 rings (SSSR count). The number of ether oxygens (including phenoxy) is 1. The molecular formula is C13H25NO3. The number of hydrogen-bond acceptors (Lipinski definition) is 3. The molecule has 1 aliphatic rings. The molecule has 0 spiro atoms. The minimum absolute atomic E-state index is 0.200. The van der Waals surface area contributed by atoms with Crippen LogP contribution in [0.3, 0.4) is 0 Å². The highest BCUT2D eigenvalue weighted by Crippen LogP contribution is 2.35. The molecule has 1 N–H and O–H groups in total. The Morgan fingerprint density at radius 1 is 1.41 bits per heavy atom. The van der Waals surface area contributed by atoms with Crippen molar-refractivity contribution in [3.8, 4) is 0 Å². The molecule has 1 heterocycles. The number of hydrogen-bond donors (Lipinski definition) is 1. The highest BCUT2D eigenvalue weighted by atomic mass is 16.5. The van der Waals surface area contributed by atoms with Gasteiger partial charge in [0.1, 0.15) is 0 Å². The fraction of sp³-hybridized carbons (Fsp3) is 0.923. The number of carbonyl (C=O) groups is 1. The molecular weight excluding hydrogens is 218 g/mol. The lowest BCUT2D eigenvalue weighted by Gasteiger charge is -2.47. The predicted octanol–water partition coefficient (Wildman–Crippen LogP) is 2.13. The minimum Gasteiger partial charge on any atom is -0.481 e. The van der Waals surface area contributed by atoms with E-state index in [1.165, 1.54) is 0 Å². The van der Waals surface area contributed by atoms with E-state index in [4.69, 9.17) is 9.84 Å².